The molecule has 2 aromatic rings. The zero-order valence-corrected chi connectivity index (χ0v) is 9.58. The largest absolute Gasteiger partial charge is 0.508 e. The van der Waals surface area contributed by atoms with E-state index in [1.165, 1.54) is 0 Å². The Morgan fingerprint density at radius 2 is 1.72 bits per heavy atom. The molecule has 0 bridgehead atoms. The van der Waals surface area contributed by atoms with Crippen LogP contribution in [0, 0.1) is 0 Å². The number of phenols is 1. The summed E-state index contributed by atoms with van der Waals surface area (Å²) in [6.07, 6.45) is 0. The number of hydrogen-bond acceptors (Lipinski definition) is 4. The van der Waals surface area contributed by atoms with Gasteiger partial charge in [-0.2, -0.15) is 0 Å². The lowest BCUT2D eigenvalue weighted by Crippen LogP contribution is -2.31. The third kappa shape index (κ3) is 2.08. The molecule has 0 unspecified atom stereocenters. The summed E-state index contributed by atoms with van der Waals surface area (Å²) < 4.78 is 5.41. The van der Waals surface area contributed by atoms with Crippen LogP contribution in [0.5, 0.6) is 5.75 Å². The van der Waals surface area contributed by atoms with Crippen LogP contribution in [0.3, 0.4) is 0 Å². The van der Waals surface area contributed by atoms with Gasteiger partial charge in [0.15, 0.2) is 0 Å². The van der Waals surface area contributed by atoms with Crippen LogP contribution in [0.1, 0.15) is 5.56 Å². The number of nitrogens with one attached hydrogen (secondary N) is 1. The standard InChI is InChI=1S/C13H11BN2O2/c17-12-8-6-11(7-9-12)14-15-13(16-18-14)10-4-2-1-3-5-10/h1-9,17H,(H,15,16). The van der Waals surface area contributed by atoms with Crippen molar-refractivity contribution in [2.45, 2.75) is 0 Å². The molecule has 3 rings (SSSR count). The molecule has 0 amide bonds. The van der Waals surface area contributed by atoms with E-state index in [9.17, 15) is 5.11 Å². The number of benzene rings is 2. The second-order valence-corrected chi connectivity index (χ2v) is 4.01. The Labute approximate surface area is 105 Å². The molecule has 4 nitrogen and oxygen atoms in total. The van der Waals surface area contributed by atoms with Crippen molar-refractivity contribution in [2.24, 2.45) is 4.90 Å². The second kappa shape index (κ2) is 4.54. The van der Waals surface area contributed by atoms with Crippen LogP contribution < -0.4 is 10.9 Å². The maximum absolute atomic E-state index is 9.24. The van der Waals surface area contributed by atoms with Gasteiger partial charge in [-0.3, -0.25) is 15.1 Å². The van der Waals surface area contributed by atoms with E-state index in [1.54, 1.807) is 24.3 Å². The van der Waals surface area contributed by atoms with Crippen molar-refractivity contribution in [2.75, 3.05) is 0 Å². The van der Waals surface area contributed by atoms with Gasteiger partial charge in [0.25, 0.3) is 0 Å². The van der Waals surface area contributed by atoms with Crippen LogP contribution >= 0.6 is 0 Å². The highest BCUT2D eigenvalue weighted by atomic mass is 16.6. The monoisotopic (exact) mass is 238 g/mol. The molecule has 18 heavy (non-hydrogen) atoms. The summed E-state index contributed by atoms with van der Waals surface area (Å²) in [6, 6.07) is 16.6. The van der Waals surface area contributed by atoms with Crippen molar-refractivity contribution in [3.63, 3.8) is 0 Å². The van der Waals surface area contributed by atoms with Crippen molar-refractivity contribution in [1.29, 1.82) is 0 Å². The van der Waals surface area contributed by atoms with E-state index in [2.05, 4.69) is 10.4 Å². The Hall–Kier alpha value is -2.27. The van der Waals surface area contributed by atoms with Crippen molar-refractivity contribution in [3.05, 3.63) is 60.2 Å². The fourth-order valence-corrected chi connectivity index (χ4v) is 1.79. The van der Waals surface area contributed by atoms with E-state index < -0.39 is 0 Å². The molecule has 1 aliphatic heterocycles. The topological polar surface area (TPSA) is 53.9 Å². The molecule has 0 atom stereocenters. The summed E-state index contributed by atoms with van der Waals surface area (Å²) >= 11 is 0. The van der Waals surface area contributed by atoms with Gasteiger partial charge < -0.3 is 5.11 Å². The van der Waals surface area contributed by atoms with Crippen molar-refractivity contribution in [1.82, 2.24) is 5.48 Å². The number of nitrogens with zero attached hydrogens (tertiary/aromatic N) is 1. The highest BCUT2D eigenvalue weighted by Gasteiger charge is 2.26. The van der Waals surface area contributed by atoms with Gasteiger partial charge in [0.05, 0.1) is 0 Å². The van der Waals surface area contributed by atoms with Gasteiger partial charge >= 0.3 is 7.05 Å². The highest BCUT2D eigenvalue weighted by Crippen LogP contribution is 2.08. The predicted molar refractivity (Wildman–Crippen MR) is 70.7 cm³/mol. The van der Waals surface area contributed by atoms with Gasteiger partial charge in [-0.15, -0.1) is 0 Å². The second-order valence-electron chi connectivity index (χ2n) is 4.01. The Morgan fingerprint density at radius 1 is 1.00 bits per heavy atom. The van der Waals surface area contributed by atoms with Crippen molar-refractivity contribution < 1.29 is 9.86 Å². The van der Waals surface area contributed by atoms with E-state index >= 15 is 0 Å². The van der Waals surface area contributed by atoms with Crippen LogP contribution in [0.25, 0.3) is 0 Å². The minimum atomic E-state index is -0.374. The van der Waals surface area contributed by atoms with Crippen LogP contribution in [0.2, 0.25) is 0 Å². The molecule has 2 N–H and O–H groups in total. The third-order valence-electron chi connectivity index (χ3n) is 2.74. The summed E-state index contributed by atoms with van der Waals surface area (Å²) in [7, 11) is -0.374. The molecule has 0 spiro atoms. The summed E-state index contributed by atoms with van der Waals surface area (Å²) in [5.41, 5.74) is 4.70. The van der Waals surface area contributed by atoms with E-state index in [1.807, 2.05) is 30.3 Å². The minimum Gasteiger partial charge on any atom is -0.508 e. The van der Waals surface area contributed by atoms with Crippen LogP contribution in [0.4, 0.5) is 0 Å². The first-order chi connectivity index (χ1) is 8.83. The molecule has 0 saturated carbocycles. The van der Waals surface area contributed by atoms with Gasteiger partial charge in [-0.25, -0.2) is 0 Å². The molecule has 88 valence electrons. The number of aromatic hydroxyl groups is 1. The average molecular weight is 238 g/mol. The lowest BCUT2D eigenvalue weighted by molar-refractivity contribution is 0.284. The molecule has 0 fully saturated rings. The first-order valence-corrected chi connectivity index (χ1v) is 5.67. The Bertz CT molecular complexity index is 569. The summed E-state index contributed by atoms with van der Waals surface area (Å²) in [6.45, 7) is 0. The Kier molecular flexibility index (Phi) is 2.74. The van der Waals surface area contributed by atoms with Crippen LogP contribution in [-0.2, 0) is 4.76 Å². The van der Waals surface area contributed by atoms with E-state index in [0.29, 0.717) is 5.84 Å². The van der Waals surface area contributed by atoms with E-state index in [-0.39, 0.29) is 12.8 Å². The lowest BCUT2D eigenvalue weighted by Gasteiger charge is -2.02. The summed E-state index contributed by atoms with van der Waals surface area (Å²) in [4.78, 5) is 4.46. The Balaban J connectivity index is 1.85. The van der Waals surface area contributed by atoms with Crippen molar-refractivity contribution in [3.8, 4) is 5.75 Å². The molecule has 1 aliphatic rings. The molecule has 5 heteroatoms. The number of hydroxylamine groups is 1. The maximum Gasteiger partial charge on any atom is 0.496 e. The fourth-order valence-electron chi connectivity index (χ4n) is 1.79. The molecule has 2 aromatic carbocycles. The maximum atomic E-state index is 9.24. The molecule has 0 aliphatic carbocycles. The zero-order chi connectivity index (χ0) is 12.4. The third-order valence-corrected chi connectivity index (χ3v) is 2.74. The quantitative estimate of drug-likeness (QED) is 0.769. The number of amidine groups is 1. The highest BCUT2D eigenvalue weighted by molar-refractivity contribution is 6.68. The number of hydrogen-bond donors (Lipinski definition) is 2. The molecule has 1 heterocycles. The molecular formula is C13H11BN2O2. The van der Waals surface area contributed by atoms with Gasteiger partial charge in [-0.1, -0.05) is 42.5 Å². The first kappa shape index (κ1) is 10.9. The molecule has 0 aromatic heterocycles. The molecular weight excluding hydrogens is 227 g/mol. The van der Waals surface area contributed by atoms with E-state index in [0.717, 1.165) is 11.0 Å². The van der Waals surface area contributed by atoms with Crippen LogP contribution in [-0.4, -0.2) is 18.0 Å². The van der Waals surface area contributed by atoms with Gasteiger partial charge in [-0.05, 0) is 17.6 Å². The number of rotatable bonds is 2. The average Bonchev–Trinajstić information content (AvgIpc) is 2.90. The molecule has 0 radical (unpaired) electrons. The predicted octanol–water partition coefficient (Wildman–Crippen LogP) is 1.07. The lowest BCUT2D eigenvalue weighted by atomic mass is 9.75. The molecule has 0 saturated heterocycles. The van der Waals surface area contributed by atoms with Crippen LogP contribution in [0.15, 0.2) is 59.5 Å². The fraction of sp³-hybridized carbons (Fsp3) is 0. The minimum absolute atomic E-state index is 0.233. The van der Waals surface area contributed by atoms with E-state index in [4.69, 9.17) is 4.76 Å². The van der Waals surface area contributed by atoms with Gasteiger partial charge in [0.2, 0.25) is 0 Å². The normalized spacial score (nSPS) is 14.2. The van der Waals surface area contributed by atoms with Gasteiger partial charge in [0, 0.05) is 5.56 Å². The van der Waals surface area contributed by atoms with Gasteiger partial charge in [0.1, 0.15) is 11.6 Å². The van der Waals surface area contributed by atoms with Crippen molar-refractivity contribution >= 4 is 18.3 Å². The number of phenolic OH excluding ortho intramolecular Hbond substituents is 1. The summed E-state index contributed by atoms with van der Waals surface area (Å²) in [5, 5.41) is 9.24. The first-order valence-electron chi connectivity index (χ1n) is 5.67. The summed E-state index contributed by atoms with van der Waals surface area (Å²) in [5.74, 6) is 0.950. The SMILES string of the molecule is Oc1ccc(B2N=C(c3ccccc3)NO2)cc1. The smallest absolute Gasteiger partial charge is 0.496 e. The zero-order valence-electron chi connectivity index (χ0n) is 9.58. The Morgan fingerprint density at radius 3 is 2.44 bits per heavy atom.